The molecule has 3 aromatic rings. The molecule has 0 unspecified atom stereocenters. The molecule has 0 saturated carbocycles. The van der Waals surface area contributed by atoms with Crippen LogP contribution in [-0.4, -0.2) is 32.8 Å². The molecule has 0 N–H and O–H groups in total. The van der Waals surface area contributed by atoms with Gasteiger partial charge in [0.2, 0.25) is 0 Å². The molecule has 33 heavy (non-hydrogen) atoms. The molecule has 0 fully saturated rings. The number of esters is 2. The number of methoxy groups -OCH3 is 2. The molecular formula is C24H19NO8. The molecule has 0 bridgehead atoms. The Bertz CT molecular complexity index is 1350. The van der Waals surface area contributed by atoms with Gasteiger partial charge in [0, 0.05) is 5.39 Å². The first-order chi connectivity index (χ1) is 15.9. The zero-order valence-electron chi connectivity index (χ0n) is 18.0. The fourth-order valence-corrected chi connectivity index (χ4v) is 2.90. The van der Waals surface area contributed by atoms with Gasteiger partial charge in [-0.05, 0) is 55.0 Å². The van der Waals surface area contributed by atoms with Crippen molar-refractivity contribution in [1.29, 1.82) is 5.26 Å². The summed E-state index contributed by atoms with van der Waals surface area (Å²) < 4.78 is 25.8. The first-order valence-electron chi connectivity index (χ1n) is 9.71. The summed E-state index contributed by atoms with van der Waals surface area (Å²) in [4.78, 5) is 36.8. The monoisotopic (exact) mass is 449 g/mol. The summed E-state index contributed by atoms with van der Waals surface area (Å²) in [6, 6.07) is 12.3. The maximum Gasteiger partial charge on any atom is 0.351 e. The number of fused-ring (bicyclic) bond motifs is 1. The molecule has 9 heteroatoms. The van der Waals surface area contributed by atoms with E-state index >= 15 is 0 Å². The van der Waals surface area contributed by atoms with Crippen LogP contribution in [0.4, 0.5) is 0 Å². The molecular weight excluding hydrogens is 430 g/mol. The Morgan fingerprint density at radius 1 is 1.06 bits per heavy atom. The third kappa shape index (κ3) is 5.19. The lowest BCUT2D eigenvalue weighted by atomic mass is 10.1. The molecule has 0 amide bonds. The van der Waals surface area contributed by atoms with Gasteiger partial charge < -0.3 is 23.4 Å². The smallest absolute Gasteiger partial charge is 0.351 e. The molecule has 9 nitrogen and oxygen atoms in total. The normalized spacial score (nSPS) is 10.9. The highest BCUT2D eigenvalue weighted by Gasteiger charge is 2.19. The highest BCUT2D eigenvalue weighted by Crippen LogP contribution is 2.30. The van der Waals surface area contributed by atoms with Gasteiger partial charge in [0.25, 0.3) is 0 Å². The second-order valence-electron chi connectivity index (χ2n) is 6.54. The van der Waals surface area contributed by atoms with Crippen LogP contribution in [0.2, 0.25) is 0 Å². The molecule has 0 aliphatic carbocycles. The van der Waals surface area contributed by atoms with Crippen LogP contribution in [-0.2, 0) is 9.53 Å². The molecule has 0 aliphatic heterocycles. The first kappa shape index (κ1) is 23.1. The Balaban J connectivity index is 1.91. The highest BCUT2D eigenvalue weighted by molar-refractivity contribution is 5.98. The molecule has 1 aromatic heterocycles. The van der Waals surface area contributed by atoms with Crippen LogP contribution in [0.3, 0.4) is 0 Å². The van der Waals surface area contributed by atoms with Crippen LogP contribution in [0.25, 0.3) is 17.0 Å². The van der Waals surface area contributed by atoms with E-state index in [0.717, 1.165) is 0 Å². The van der Waals surface area contributed by atoms with Crippen molar-refractivity contribution in [1.82, 2.24) is 0 Å². The van der Waals surface area contributed by atoms with E-state index in [9.17, 15) is 19.6 Å². The molecule has 0 radical (unpaired) electrons. The SMILES string of the molecule is CCOC(=O)/C(C#N)=C/c1ccc(OC(=O)c2cc3cc(OC)ccc3oc2=O)c(OC)c1. The van der Waals surface area contributed by atoms with E-state index in [1.807, 2.05) is 0 Å². The zero-order chi connectivity index (χ0) is 24.0. The van der Waals surface area contributed by atoms with Gasteiger partial charge in [-0.15, -0.1) is 0 Å². The van der Waals surface area contributed by atoms with E-state index in [1.165, 1.54) is 44.6 Å². The average molecular weight is 449 g/mol. The number of benzene rings is 2. The molecule has 168 valence electrons. The van der Waals surface area contributed by atoms with Crippen LogP contribution in [0.1, 0.15) is 22.8 Å². The summed E-state index contributed by atoms with van der Waals surface area (Å²) in [7, 11) is 2.85. The minimum Gasteiger partial charge on any atom is -0.497 e. The summed E-state index contributed by atoms with van der Waals surface area (Å²) in [6.45, 7) is 1.76. The Morgan fingerprint density at radius 2 is 1.85 bits per heavy atom. The third-order valence-electron chi connectivity index (χ3n) is 4.48. The van der Waals surface area contributed by atoms with Crippen molar-refractivity contribution >= 4 is 29.0 Å². The maximum atomic E-state index is 12.7. The van der Waals surface area contributed by atoms with Gasteiger partial charge in [-0.2, -0.15) is 5.26 Å². The summed E-state index contributed by atoms with van der Waals surface area (Å²) in [5.41, 5.74) is -0.637. The van der Waals surface area contributed by atoms with Crippen LogP contribution in [0.5, 0.6) is 17.2 Å². The number of carbonyl (C=O) groups excluding carboxylic acids is 2. The number of rotatable bonds is 7. The molecule has 1 heterocycles. The van der Waals surface area contributed by atoms with Crippen molar-refractivity contribution < 1.29 is 33.0 Å². The van der Waals surface area contributed by atoms with Crippen molar-refractivity contribution in [3.05, 3.63) is 69.6 Å². The second-order valence-corrected chi connectivity index (χ2v) is 6.54. The topological polar surface area (TPSA) is 125 Å². The van der Waals surface area contributed by atoms with E-state index < -0.39 is 17.6 Å². The number of nitrogens with zero attached hydrogens (tertiary/aromatic N) is 1. The van der Waals surface area contributed by atoms with Crippen LogP contribution in [0.15, 0.2) is 57.2 Å². The Hall–Kier alpha value is -4.58. The Labute approximate surface area is 188 Å². The lowest BCUT2D eigenvalue weighted by Gasteiger charge is -2.10. The van der Waals surface area contributed by atoms with Gasteiger partial charge in [-0.1, -0.05) is 6.07 Å². The Kier molecular flexibility index (Phi) is 7.10. The van der Waals surface area contributed by atoms with E-state index in [-0.39, 0.29) is 29.2 Å². The molecule has 0 spiro atoms. The summed E-state index contributed by atoms with van der Waals surface area (Å²) in [5, 5.41) is 9.66. The van der Waals surface area contributed by atoms with Gasteiger partial charge >= 0.3 is 17.6 Å². The first-order valence-corrected chi connectivity index (χ1v) is 9.71. The zero-order valence-corrected chi connectivity index (χ0v) is 18.0. The Morgan fingerprint density at radius 3 is 2.52 bits per heavy atom. The van der Waals surface area contributed by atoms with Crippen molar-refractivity contribution in [3.63, 3.8) is 0 Å². The molecule has 0 aliphatic rings. The number of ether oxygens (including phenoxy) is 4. The van der Waals surface area contributed by atoms with Gasteiger partial charge in [-0.25, -0.2) is 14.4 Å². The van der Waals surface area contributed by atoms with E-state index in [0.29, 0.717) is 22.3 Å². The minimum absolute atomic E-state index is 0.0273. The highest BCUT2D eigenvalue weighted by atomic mass is 16.6. The standard InChI is InChI=1S/C24H19NO8/c1-4-31-22(26)16(13-25)9-14-5-7-20(21(10-14)30-3)33-24(28)18-12-15-11-17(29-2)6-8-19(15)32-23(18)27/h5-12H,4H2,1-3H3/b16-9+. The van der Waals surface area contributed by atoms with E-state index in [2.05, 4.69) is 0 Å². The van der Waals surface area contributed by atoms with Crippen molar-refractivity contribution in [2.45, 2.75) is 6.92 Å². The fourth-order valence-electron chi connectivity index (χ4n) is 2.90. The van der Waals surface area contributed by atoms with Crippen molar-refractivity contribution in [3.8, 4) is 23.3 Å². The van der Waals surface area contributed by atoms with Crippen LogP contribution < -0.4 is 19.8 Å². The number of hydrogen-bond donors (Lipinski definition) is 0. The predicted molar refractivity (Wildman–Crippen MR) is 117 cm³/mol. The molecule has 3 rings (SSSR count). The minimum atomic E-state index is -0.945. The third-order valence-corrected chi connectivity index (χ3v) is 4.48. The summed E-state index contributed by atoms with van der Waals surface area (Å²) >= 11 is 0. The van der Waals surface area contributed by atoms with Crippen LogP contribution in [0, 0.1) is 11.3 Å². The number of hydrogen-bond acceptors (Lipinski definition) is 9. The lowest BCUT2D eigenvalue weighted by molar-refractivity contribution is -0.137. The summed E-state index contributed by atoms with van der Waals surface area (Å²) in [6.07, 6.45) is 1.32. The molecule has 2 aromatic carbocycles. The molecule has 0 atom stereocenters. The van der Waals surface area contributed by atoms with E-state index in [1.54, 1.807) is 31.2 Å². The van der Waals surface area contributed by atoms with Crippen LogP contribution >= 0.6 is 0 Å². The number of nitriles is 1. The van der Waals surface area contributed by atoms with Crippen molar-refractivity contribution in [2.24, 2.45) is 0 Å². The quantitative estimate of drug-likeness (QED) is 0.175. The maximum absolute atomic E-state index is 12.7. The average Bonchev–Trinajstić information content (AvgIpc) is 2.82. The van der Waals surface area contributed by atoms with E-state index in [4.69, 9.17) is 23.4 Å². The number of carbonyl (C=O) groups is 2. The largest absolute Gasteiger partial charge is 0.497 e. The fraction of sp³-hybridized carbons (Fsp3) is 0.167. The van der Waals surface area contributed by atoms with Gasteiger partial charge in [0.15, 0.2) is 11.5 Å². The van der Waals surface area contributed by atoms with Gasteiger partial charge in [0.1, 0.15) is 28.5 Å². The second kappa shape index (κ2) is 10.2. The van der Waals surface area contributed by atoms with Gasteiger partial charge in [0.05, 0.1) is 20.8 Å². The summed E-state index contributed by atoms with van der Waals surface area (Å²) in [5.74, 6) is -1.00. The lowest BCUT2D eigenvalue weighted by Crippen LogP contribution is -2.19. The van der Waals surface area contributed by atoms with Crippen molar-refractivity contribution in [2.75, 3.05) is 20.8 Å². The predicted octanol–water partition coefficient (Wildman–Crippen LogP) is 3.50. The molecule has 0 saturated heterocycles. The van der Waals surface area contributed by atoms with Gasteiger partial charge in [-0.3, -0.25) is 0 Å².